The maximum atomic E-state index is 12.7. The summed E-state index contributed by atoms with van der Waals surface area (Å²) in [6.45, 7) is 1.82. The Hall–Kier alpha value is -2.51. The van der Waals surface area contributed by atoms with Crippen molar-refractivity contribution in [3.63, 3.8) is 0 Å². The van der Waals surface area contributed by atoms with E-state index >= 15 is 0 Å². The number of amides is 1. The molecule has 1 fully saturated rings. The van der Waals surface area contributed by atoms with Crippen LogP contribution in [-0.2, 0) is 0 Å². The highest BCUT2D eigenvalue weighted by Gasteiger charge is 2.27. The minimum absolute atomic E-state index is 0.0186. The van der Waals surface area contributed by atoms with Gasteiger partial charge in [0.15, 0.2) is 0 Å². The van der Waals surface area contributed by atoms with Crippen LogP contribution >= 0.6 is 23.2 Å². The van der Waals surface area contributed by atoms with Gasteiger partial charge in [0.1, 0.15) is 11.4 Å². The van der Waals surface area contributed by atoms with Gasteiger partial charge in [0.25, 0.3) is 11.6 Å². The molecule has 2 aromatic carbocycles. The third-order valence-corrected chi connectivity index (χ3v) is 5.00. The van der Waals surface area contributed by atoms with Crippen LogP contribution in [0.2, 0.25) is 10.0 Å². The second-order valence-electron chi connectivity index (χ2n) is 6.02. The highest BCUT2D eigenvalue weighted by Crippen LogP contribution is 2.33. The minimum Gasteiger partial charge on any atom is -0.496 e. The molecule has 0 aliphatic carbocycles. The number of piperazine rings is 1. The van der Waals surface area contributed by atoms with E-state index in [9.17, 15) is 14.9 Å². The molecule has 142 valence electrons. The Kier molecular flexibility index (Phi) is 5.72. The van der Waals surface area contributed by atoms with Crippen LogP contribution in [0.5, 0.6) is 5.75 Å². The quantitative estimate of drug-likeness (QED) is 0.565. The van der Waals surface area contributed by atoms with Crippen LogP contribution in [0.1, 0.15) is 10.4 Å². The van der Waals surface area contributed by atoms with Crippen molar-refractivity contribution in [3.8, 4) is 5.75 Å². The molecule has 7 nitrogen and oxygen atoms in total. The highest BCUT2D eigenvalue weighted by molar-refractivity contribution is 6.36. The molecule has 1 heterocycles. The molecule has 0 bridgehead atoms. The van der Waals surface area contributed by atoms with E-state index in [0.29, 0.717) is 53.2 Å². The molecule has 0 radical (unpaired) electrons. The summed E-state index contributed by atoms with van der Waals surface area (Å²) in [5, 5.41) is 12.2. The monoisotopic (exact) mass is 409 g/mol. The van der Waals surface area contributed by atoms with Crippen molar-refractivity contribution in [1.29, 1.82) is 0 Å². The normalized spacial score (nSPS) is 14.2. The molecule has 2 aromatic rings. The number of halogens is 2. The standard InChI is InChI=1S/C18H17Cl2N3O4/c1-27-13-3-5-16(17(11-13)23(25)26)21-6-8-22(9-7-21)18(24)14-4-2-12(19)10-15(14)20/h2-5,10-11H,6-9H2,1H3. The SMILES string of the molecule is COc1ccc(N2CCN(C(=O)c3ccc(Cl)cc3Cl)CC2)c([N+](=O)[O-])c1. The van der Waals surface area contributed by atoms with E-state index in [-0.39, 0.29) is 11.6 Å². The number of nitro benzene ring substituents is 1. The Balaban J connectivity index is 1.74. The van der Waals surface area contributed by atoms with Gasteiger partial charge in [-0.1, -0.05) is 23.2 Å². The molecule has 27 heavy (non-hydrogen) atoms. The Morgan fingerprint density at radius 2 is 1.81 bits per heavy atom. The van der Waals surface area contributed by atoms with Gasteiger partial charge in [-0.15, -0.1) is 0 Å². The fraction of sp³-hybridized carbons (Fsp3) is 0.278. The second-order valence-corrected chi connectivity index (χ2v) is 6.86. The number of benzene rings is 2. The summed E-state index contributed by atoms with van der Waals surface area (Å²) in [5.74, 6) is 0.247. The average molecular weight is 410 g/mol. The number of ether oxygens (including phenoxy) is 1. The Bertz CT molecular complexity index is 883. The van der Waals surface area contributed by atoms with E-state index in [2.05, 4.69) is 0 Å². The second kappa shape index (κ2) is 8.02. The maximum absolute atomic E-state index is 12.7. The fourth-order valence-electron chi connectivity index (χ4n) is 3.03. The molecule has 1 aliphatic heterocycles. The first kappa shape index (κ1) is 19.3. The molecule has 0 saturated carbocycles. The van der Waals surface area contributed by atoms with Crippen LogP contribution in [0.3, 0.4) is 0 Å². The van der Waals surface area contributed by atoms with Crippen LogP contribution in [-0.4, -0.2) is 49.0 Å². The molecule has 1 saturated heterocycles. The first-order chi connectivity index (χ1) is 12.9. The van der Waals surface area contributed by atoms with Crippen molar-refractivity contribution in [2.24, 2.45) is 0 Å². The third-order valence-electron chi connectivity index (χ3n) is 4.45. The first-order valence-corrected chi connectivity index (χ1v) is 8.98. The summed E-state index contributed by atoms with van der Waals surface area (Å²) in [7, 11) is 1.46. The third kappa shape index (κ3) is 4.09. The van der Waals surface area contributed by atoms with E-state index < -0.39 is 4.92 Å². The predicted molar refractivity (Wildman–Crippen MR) is 104 cm³/mol. The molecular formula is C18H17Cl2N3O4. The number of nitrogens with zero attached hydrogens (tertiary/aromatic N) is 3. The number of hydrogen-bond donors (Lipinski definition) is 0. The van der Waals surface area contributed by atoms with Crippen molar-refractivity contribution >= 4 is 40.5 Å². The Morgan fingerprint density at radius 3 is 2.41 bits per heavy atom. The van der Waals surface area contributed by atoms with E-state index in [0.717, 1.165) is 0 Å². The smallest absolute Gasteiger partial charge is 0.296 e. The Morgan fingerprint density at radius 1 is 1.11 bits per heavy atom. The van der Waals surface area contributed by atoms with Gasteiger partial charge in [-0.05, 0) is 30.3 Å². The molecule has 0 aromatic heterocycles. The molecule has 0 atom stereocenters. The summed E-state index contributed by atoms with van der Waals surface area (Å²) in [6.07, 6.45) is 0. The summed E-state index contributed by atoms with van der Waals surface area (Å²) >= 11 is 12.0. The highest BCUT2D eigenvalue weighted by atomic mass is 35.5. The van der Waals surface area contributed by atoms with Gasteiger partial charge in [0.05, 0.1) is 28.7 Å². The van der Waals surface area contributed by atoms with Gasteiger partial charge in [-0.25, -0.2) is 0 Å². The summed E-state index contributed by atoms with van der Waals surface area (Å²) in [4.78, 5) is 27.2. The van der Waals surface area contributed by atoms with Gasteiger partial charge in [0.2, 0.25) is 0 Å². The van der Waals surface area contributed by atoms with Crippen molar-refractivity contribution in [2.45, 2.75) is 0 Å². The average Bonchev–Trinajstić information content (AvgIpc) is 2.67. The lowest BCUT2D eigenvalue weighted by atomic mass is 10.1. The minimum atomic E-state index is -0.428. The van der Waals surface area contributed by atoms with E-state index in [1.807, 2.05) is 4.90 Å². The van der Waals surface area contributed by atoms with Crippen LogP contribution in [0, 0.1) is 10.1 Å². The summed E-state index contributed by atoms with van der Waals surface area (Å²) in [6, 6.07) is 9.52. The van der Waals surface area contributed by atoms with Gasteiger partial charge in [0, 0.05) is 31.2 Å². The van der Waals surface area contributed by atoms with Crippen LogP contribution in [0.25, 0.3) is 0 Å². The summed E-state index contributed by atoms with van der Waals surface area (Å²) < 4.78 is 5.07. The topological polar surface area (TPSA) is 75.9 Å². The number of hydrogen-bond acceptors (Lipinski definition) is 5. The largest absolute Gasteiger partial charge is 0.496 e. The van der Waals surface area contributed by atoms with Crippen molar-refractivity contribution < 1.29 is 14.5 Å². The zero-order chi connectivity index (χ0) is 19.6. The lowest BCUT2D eigenvalue weighted by Gasteiger charge is -2.36. The molecule has 3 rings (SSSR count). The van der Waals surface area contributed by atoms with Gasteiger partial charge in [-0.2, -0.15) is 0 Å². The van der Waals surface area contributed by atoms with Crippen LogP contribution in [0.4, 0.5) is 11.4 Å². The number of carbonyl (C=O) groups is 1. The lowest BCUT2D eigenvalue weighted by molar-refractivity contribution is -0.384. The van der Waals surface area contributed by atoms with Crippen LogP contribution < -0.4 is 9.64 Å². The van der Waals surface area contributed by atoms with E-state index in [1.54, 1.807) is 29.2 Å². The van der Waals surface area contributed by atoms with Crippen molar-refractivity contribution in [3.05, 3.63) is 62.1 Å². The number of methoxy groups -OCH3 is 1. The zero-order valence-electron chi connectivity index (χ0n) is 14.5. The summed E-state index contributed by atoms with van der Waals surface area (Å²) in [5.41, 5.74) is 0.886. The molecule has 0 N–H and O–H groups in total. The Labute approximate surface area is 166 Å². The van der Waals surface area contributed by atoms with Crippen LogP contribution in [0.15, 0.2) is 36.4 Å². The predicted octanol–water partition coefficient (Wildman–Crippen LogP) is 3.87. The molecule has 1 aliphatic rings. The number of carbonyl (C=O) groups excluding carboxylic acids is 1. The number of nitro groups is 1. The van der Waals surface area contributed by atoms with E-state index in [1.165, 1.54) is 19.2 Å². The lowest BCUT2D eigenvalue weighted by Crippen LogP contribution is -2.49. The number of anilines is 1. The van der Waals surface area contributed by atoms with E-state index in [4.69, 9.17) is 27.9 Å². The maximum Gasteiger partial charge on any atom is 0.296 e. The zero-order valence-corrected chi connectivity index (χ0v) is 16.0. The molecular weight excluding hydrogens is 393 g/mol. The van der Waals surface area contributed by atoms with Gasteiger partial charge < -0.3 is 14.5 Å². The van der Waals surface area contributed by atoms with Gasteiger partial charge >= 0.3 is 0 Å². The number of rotatable bonds is 4. The molecule has 1 amide bonds. The molecule has 0 spiro atoms. The van der Waals surface area contributed by atoms with Crippen molar-refractivity contribution in [1.82, 2.24) is 4.90 Å². The van der Waals surface area contributed by atoms with Crippen molar-refractivity contribution in [2.75, 3.05) is 38.2 Å². The fourth-order valence-corrected chi connectivity index (χ4v) is 3.52. The first-order valence-electron chi connectivity index (χ1n) is 8.22. The molecule has 0 unspecified atom stereocenters. The molecule has 9 heteroatoms. The van der Waals surface area contributed by atoms with Gasteiger partial charge in [-0.3, -0.25) is 14.9 Å².